The first-order valence-corrected chi connectivity index (χ1v) is 11.5. The zero-order valence-electron chi connectivity index (χ0n) is 18.4. The number of fused-ring (bicyclic) bond motifs is 6. The number of hydrogen-bond donors (Lipinski definition) is 1. The summed E-state index contributed by atoms with van der Waals surface area (Å²) in [4.78, 5) is 34.4. The van der Waals surface area contributed by atoms with Crippen molar-refractivity contribution in [3.8, 4) is 5.75 Å². The van der Waals surface area contributed by atoms with Gasteiger partial charge in [-0.1, -0.05) is 43.7 Å². The molecule has 6 nitrogen and oxygen atoms in total. The molecule has 3 heterocycles. The SMILES string of the molecule is CCCCN1C(=O)C2N(C1=O)C(c1ccc(OC)cc1)c1[nH]c3ccccc3c1C21CC1. The number of unbranched alkanes of at least 4 members (excludes halogenated alkanes) is 1. The number of H-pyrrole nitrogens is 1. The quantitative estimate of drug-likeness (QED) is 0.596. The van der Waals surface area contributed by atoms with Gasteiger partial charge in [-0.2, -0.15) is 0 Å². The van der Waals surface area contributed by atoms with Gasteiger partial charge >= 0.3 is 6.03 Å². The maximum atomic E-state index is 13.7. The van der Waals surface area contributed by atoms with Crippen LogP contribution in [0.5, 0.6) is 5.75 Å². The van der Waals surface area contributed by atoms with Crippen LogP contribution >= 0.6 is 0 Å². The van der Waals surface area contributed by atoms with Crippen molar-refractivity contribution in [2.24, 2.45) is 0 Å². The van der Waals surface area contributed by atoms with E-state index in [2.05, 4.69) is 30.1 Å². The van der Waals surface area contributed by atoms with Crippen molar-refractivity contribution in [3.63, 3.8) is 0 Å². The van der Waals surface area contributed by atoms with Crippen LogP contribution in [0.4, 0.5) is 4.79 Å². The number of methoxy groups -OCH3 is 1. The molecule has 2 fully saturated rings. The van der Waals surface area contributed by atoms with Crippen LogP contribution in [-0.2, 0) is 10.2 Å². The first-order chi connectivity index (χ1) is 15.6. The number of rotatable bonds is 5. The van der Waals surface area contributed by atoms with Gasteiger partial charge in [-0.15, -0.1) is 0 Å². The van der Waals surface area contributed by atoms with E-state index in [1.807, 2.05) is 35.2 Å². The van der Waals surface area contributed by atoms with Crippen LogP contribution in [0, 0.1) is 0 Å². The summed E-state index contributed by atoms with van der Waals surface area (Å²) in [6, 6.07) is 15.2. The average molecular weight is 430 g/mol. The van der Waals surface area contributed by atoms with Gasteiger partial charge in [0.2, 0.25) is 0 Å². The molecular weight excluding hydrogens is 402 g/mol. The fourth-order valence-electron chi connectivity index (χ4n) is 5.85. The number of hydrogen-bond acceptors (Lipinski definition) is 3. The van der Waals surface area contributed by atoms with Crippen molar-refractivity contribution in [1.29, 1.82) is 0 Å². The maximum Gasteiger partial charge on any atom is 0.328 e. The van der Waals surface area contributed by atoms with Gasteiger partial charge in [0.1, 0.15) is 17.8 Å². The first kappa shape index (κ1) is 19.4. The second-order valence-electron chi connectivity index (χ2n) is 9.23. The molecule has 1 aromatic heterocycles. The highest BCUT2D eigenvalue weighted by Gasteiger charge is 2.67. The highest BCUT2D eigenvalue weighted by atomic mass is 16.5. The van der Waals surface area contributed by atoms with Gasteiger partial charge in [-0.05, 0) is 48.6 Å². The van der Waals surface area contributed by atoms with Crippen molar-refractivity contribution in [1.82, 2.24) is 14.8 Å². The molecule has 2 unspecified atom stereocenters. The Labute approximate surface area is 187 Å². The van der Waals surface area contributed by atoms with Gasteiger partial charge in [-0.3, -0.25) is 14.6 Å². The van der Waals surface area contributed by atoms with Crippen LogP contribution in [0.1, 0.15) is 55.5 Å². The number of nitrogens with zero attached hydrogens (tertiary/aromatic N) is 2. The highest BCUT2D eigenvalue weighted by Crippen LogP contribution is 2.62. The summed E-state index contributed by atoms with van der Waals surface area (Å²) in [6.45, 7) is 2.57. The molecule has 1 aliphatic carbocycles. The van der Waals surface area contributed by atoms with Crippen LogP contribution in [0.3, 0.4) is 0 Å². The third-order valence-corrected chi connectivity index (χ3v) is 7.49. The standard InChI is InChI=1S/C26H27N3O3/c1-3-4-15-28-24(30)23-26(13-14-26)20-18-7-5-6-8-19(18)27-21(20)22(29(23)25(28)31)16-9-11-17(32-2)12-10-16/h5-12,22-23,27H,3-4,13-15H2,1-2H3. The molecule has 32 heavy (non-hydrogen) atoms. The lowest BCUT2D eigenvalue weighted by Gasteiger charge is -2.41. The maximum absolute atomic E-state index is 13.7. The van der Waals surface area contributed by atoms with Crippen LogP contribution in [-0.4, -0.2) is 46.4 Å². The van der Waals surface area contributed by atoms with Crippen LogP contribution in [0.25, 0.3) is 10.9 Å². The smallest absolute Gasteiger partial charge is 0.328 e. The molecule has 2 aliphatic heterocycles. The van der Waals surface area contributed by atoms with Crippen LogP contribution < -0.4 is 4.74 Å². The first-order valence-electron chi connectivity index (χ1n) is 11.5. The summed E-state index contributed by atoms with van der Waals surface area (Å²) >= 11 is 0. The van der Waals surface area contributed by atoms with Gasteiger partial charge in [0.15, 0.2) is 0 Å². The largest absolute Gasteiger partial charge is 0.497 e. The monoisotopic (exact) mass is 429 g/mol. The molecule has 164 valence electrons. The lowest BCUT2D eigenvalue weighted by molar-refractivity contribution is -0.129. The van der Waals surface area contributed by atoms with Gasteiger partial charge in [0.25, 0.3) is 5.91 Å². The Bertz CT molecular complexity index is 1220. The van der Waals surface area contributed by atoms with Gasteiger partial charge in [0.05, 0.1) is 7.11 Å². The molecule has 1 spiro atoms. The molecule has 3 amide bonds. The summed E-state index contributed by atoms with van der Waals surface area (Å²) in [7, 11) is 1.65. The number of amides is 3. The van der Waals surface area contributed by atoms with Crippen LogP contribution in [0.2, 0.25) is 0 Å². The number of carbonyl (C=O) groups is 2. The summed E-state index contributed by atoms with van der Waals surface area (Å²) in [6.07, 6.45) is 3.63. The van der Waals surface area contributed by atoms with E-state index in [-0.39, 0.29) is 23.4 Å². The number of ether oxygens (including phenoxy) is 1. The van der Waals surface area contributed by atoms with Gasteiger partial charge in [-0.25, -0.2) is 4.79 Å². The fraction of sp³-hybridized carbons (Fsp3) is 0.385. The van der Waals surface area contributed by atoms with E-state index in [1.165, 1.54) is 15.8 Å². The topological polar surface area (TPSA) is 65.6 Å². The van der Waals surface area contributed by atoms with Gasteiger partial charge < -0.3 is 9.72 Å². The number of carbonyl (C=O) groups excluding carboxylic acids is 2. The van der Waals surface area contributed by atoms with Crippen molar-refractivity contribution < 1.29 is 14.3 Å². The second kappa shape index (κ2) is 6.86. The second-order valence-corrected chi connectivity index (χ2v) is 9.23. The molecule has 2 atom stereocenters. The zero-order chi connectivity index (χ0) is 22.0. The predicted octanol–water partition coefficient (Wildman–Crippen LogP) is 4.74. The molecule has 6 rings (SSSR count). The fourth-order valence-corrected chi connectivity index (χ4v) is 5.85. The Hall–Kier alpha value is -3.28. The number of nitrogens with one attached hydrogen (secondary N) is 1. The molecule has 0 radical (unpaired) electrons. The molecule has 1 saturated heterocycles. The third-order valence-electron chi connectivity index (χ3n) is 7.49. The van der Waals surface area contributed by atoms with E-state index in [9.17, 15) is 9.59 Å². The normalized spacial score (nSPS) is 23.1. The van der Waals surface area contributed by atoms with Crippen molar-refractivity contribution in [3.05, 3.63) is 65.4 Å². The average Bonchev–Trinajstić information content (AvgIpc) is 3.42. The van der Waals surface area contributed by atoms with Crippen molar-refractivity contribution >= 4 is 22.8 Å². The van der Waals surface area contributed by atoms with Crippen molar-refractivity contribution in [2.45, 2.75) is 50.1 Å². The third kappa shape index (κ3) is 2.46. The minimum atomic E-state index is -0.439. The molecule has 3 aliphatic rings. The van der Waals surface area contributed by atoms with Gasteiger partial charge in [0, 0.05) is 28.6 Å². The van der Waals surface area contributed by atoms with E-state index < -0.39 is 6.04 Å². The number of imide groups is 1. The predicted molar refractivity (Wildman–Crippen MR) is 122 cm³/mol. The van der Waals surface area contributed by atoms with E-state index >= 15 is 0 Å². The number of urea groups is 1. The number of para-hydroxylation sites is 1. The summed E-state index contributed by atoms with van der Waals surface area (Å²) < 4.78 is 5.35. The minimum absolute atomic E-state index is 0.0320. The molecule has 6 heteroatoms. The Morgan fingerprint density at radius 2 is 1.84 bits per heavy atom. The zero-order valence-corrected chi connectivity index (χ0v) is 18.4. The molecular formula is C26H27N3O3. The molecule has 1 N–H and O–H groups in total. The van der Waals surface area contributed by atoms with E-state index in [1.54, 1.807) is 7.11 Å². The highest BCUT2D eigenvalue weighted by molar-refractivity contribution is 6.07. The van der Waals surface area contributed by atoms with E-state index in [4.69, 9.17) is 4.74 Å². The molecule has 2 aromatic carbocycles. The summed E-state index contributed by atoms with van der Waals surface area (Å²) in [5.41, 5.74) is 4.03. The van der Waals surface area contributed by atoms with E-state index in [0.717, 1.165) is 48.2 Å². The van der Waals surface area contributed by atoms with Crippen molar-refractivity contribution in [2.75, 3.05) is 13.7 Å². The Kier molecular flexibility index (Phi) is 4.16. The Morgan fingerprint density at radius 1 is 1.09 bits per heavy atom. The van der Waals surface area contributed by atoms with Crippen LogP contribution in [0.15, 0.2) is 48.5 Å². The molecule has 3 aromatic rings. The minimum Gasteiger partial charge on any atom is -0.497 e. The lowest BCUT2D eigenvalue weighted by atomic mass is 9.78. The number of benzene rings is 2. The molecule has 0 bridgehead atoms. The summed E-state index contributed by atoms with van der Waals surface area (Å²) in [5.74, 6) is 0.737. The van der Waals surface area contributed by atoms with E-state index in [0.29, 0.717) is 6.54 Å². The summed E-state index contributed by atoms with van der Waals surface area (Å²) in [5, 5.41) is 1.17. The Morgan fingerprint density at radius 3 is 2.53 bits per heavy atom. The number of aromatic amines is 1. The number of aromatic nitrogens is 1. The molecule has 1 saturated carbocycles. The Balaban J connectivity index is 1.58. The lowest BCUT2D eigenvalue weighted by Crippen LogP contribution is -2.50.